The molecule has 4 unspecified atom stereocenters. The number of carbonyl (C=O) groups is 2. The minimum absolute atomic E-state index is 0. The summed E-state index contributed by atoms with van der Waals surface area (Å²) in [5.74, 6) is 0.0463. The SMILES string of the molecule is C[C@H](N)C(=O)[N+]1(C)c2ccccc2C(C)(C)C1C=Cc1ccc(N)cc1.C[C@H](N)C(=O)[N+]1(C)c2ccccc2C(C)(C)C1C=Cc1ccc(N)cc1.[Br-].[Br-]. The number of nitrogens with zero attached hydrogens (tertiary/aromatic N) is 2. The van der Waals surface area contributed by atoms with E-state index in [0.717, 1.165) is 33.9 Å². The zero-order valence-electron chi connectivity index (χ0n) is 32.6. The van der Waals surface area contributed by atoms with Crippen molar-refractivity contribution in [2.45, 2.75) is 76.5 Å². The number of hydrogen-bond acceptors (Lipinski definition) is 6. The quantitative estimate of drug-likeness (QED) is 0.168. The molecular formula is C44H56Br2N6O2. The molecule has 0 fully saturated rings. The van der Waals surface area contributed by atoms with Crippen molar-refractivity contribution in [3.05, 3.63) is 131 Å². The van der Waals surface area contributed by atoms with Crippen LogP contribution in [0.1, 0.15) is 63.8 Å². The lowest BCUT2D eigenvalue weighted by Gasteiger charge is -2.37. The van der Waals surface area contributed by atoms with Gasteiger partial charge in [0.25, 0.3) is 0 Å². The van der Waals surface area contributed by atoms with Crippen LogP contribution in [0.15, 0.2) is 109 Å². The van der Waals surface area contributed by atoms with Crippen LogP contribution in [0.5, 0.6) is 0 Å². The maximum Gasteiger partial charge on any atom is 0.335 e. The molecule has 4 aromatic carbocycles. The first-order valence-electron chi connectivity index (χ1n) is 18.0. The molecule has 6 atom stereocenters. The Hall–Kier alpha value is -3.90. The van der Waals surface area contributed by atoms with Crippen molar-refractivity contribution in [2.75, 3.05) is 25.6 Å². The van der Waals surface area contributed by atoms with Crippen molar-refractivity contribution in [1.29, 1.82) is 0 Å². The number of carbonyl (C=O) groups excluding carboxylic acids is 2. The molecular weight excluding hydrogens is 804 g/mol. The molecule has 54 heavy (non-hydrogen) atoms. The van der Waals surface area contributed by atoms with Gasteiger partial charge in [0.1, 0.15) is 35.5 Å². The third-order valence-corrected chi connectivity index (χ3v) is 11.3. The Morgan fingerprint density at radius 3 is 1.17 bits per heavy atom. The van der Waals surface area contributed by atoms with Gasteiger partial charge in [0.15, 0.2) is 0 Å². The number of likely N-dealkylation sites (N-methyl/N-ethyl adjacent to an activating group) is 2. The van der Waals surface area contributed by atoms with Gasteiger partial charge in [-0.25, -0.2) is 18.6 Å². The molecule has 6 rings (SSSR count). The molecule has 10 heteroatoms. The van der Waals surface area contributed by atoms with Crippen LogP contribution in [0, 0.1) is 0 Å². The van der Waals surface area contributed by atoms with E-state index in [9.17, 15) is 9.59 Å². The van der Waals surface area contributed by atoms with E-state index in [1.165, 1.54) is 11.1 Å². The summed E-state index contributed by atoms with van der Waals surface area (Å²) in [4.78, 5) is 26.4. The average molecular weight is 861 g/mol. The van der Waals surface area contributed by atoms with Gasteiger partial charge in [0, 0.05) is 22.5 Å². The first kappa shape index (κ1) is 44.5. The summed E-state index contributed by atoms with van der Waals surface area (Å²) in [6.07, 6.45) is 8.43. The molecule has 4 aromatic rings. The fourth-order valence-electron chi connectivity index (χ4n) is 8.56. The summed E-state index contributed by atoms with van der Waals surface area (Å²) in [5, 5.41) is 0. The zero-order chi connectivity index (χ0) is 38.2. The number of fused-ring (bicyclic) bond motifs is 2. The van der Waals surface area contributed by atoms with Gasteiger partial charge in [-0.3, -0.25) is 0 Å². The molecule has 0 spiro atoms. The van der Waals surface area contributed by atoms with E-state index < -0.39 is 12.1 Å². The van der Waals surface area contributed by atoms with E-state index >= 15 is 0 Å². The highest BCUT2D eigenvalue weighted by molar-refractivity contribution is 5.96. The van der Waals surface area contributed by atoms with Crippen LogP contribution >= 0.6 is 0 Å². The second kappa shape index (κ2) is 16.9. The van der Waals surface area contributed by atoms with Gasteiger partial charge in [-0.1, -0.05) is 72.8 Å². The Morgan fingerprint density at radius 1 is 0.574 bits per heavy atom. The number of halogens is 2. The van der Waals surface area contributed by atoms with Crippen molar-refractivity contribution in [1.82, 2.24) is 8.97 Å². The van der Waals surface area contributed by atoms with Crippen molar-refractivity contribution in [3.63, 3.8) is 0 Å². The monoisotopic (exact) mass is 858 g/mol. The molecule has 0 saturated heterocycles. The van der Waals surface area contributed by atoms with Gasteiger partial charge in [-0.2, -0.15) is 0 Å². The van der Waals surface area contributed by atoms with E-state index in [1.807, 2.05) is 86.9 Å². The van der Waals surface area contributed by atoms with Crippen LogP contribution in [0.25, 0.3) is 12.2 Å². The first-order chi connectivity index (χ1) is 24.4. The first-order valence-corrected chi connectivity index (χ1v) is 18.0. The topological polar surface area (TPSA) is 138 Å². The highest BCUT2D eigenvalue weighted by atomic mass is 79.9. The summed E-state index contributed by atoms with van der Waals surface area (Å²) in [6.45, 7) is 12.3. The third-order valence-electron chi connectivity index (χ3n) is 11.3. The van der Waals surface area contributed by atoms with Crippen LogP contribution < -0.4 is 65.9 Å². The largest absolute Gasteiger partial charge is 1.00 e. The number of nitrogens with two attached hydrogens (primary N) is 4. The standard InChI is InChI=1S/2C22H28N3O.2BrH/c2*1-15(23)21(26)25(4)19-8-6-5-7-18(19)22(2,3)20(25)14-11-16-9-12-17(24)13-10-16;;/h2*5-15,20H,23-24H2,1-4H3;2*1H/q2*+1;;/p-2/t2*15-,20?,25?;;/m00../s1. The van der Waals surface area contributed by atoms with Gasteiger partial charge in [-0.15, -0.1) is 0 Å². The lowest BCUT2D eigenvalue weighted by atomic mass is 9.80. The number of anilines is 2. The normalized spacial score (nSPS) is 24.3. The van der Waals surface area contributed by atoms with E-state index in [4.69, 9.17) is 22.9 Å². The molecule has 288 valence electrons. The molecule has 0 saturated carbocycles. The summed E-state index contributed by atoms with van der Waals surface area (Å²) in [6, 6.07) is 30.7. The molecule has 8 nitrogen and oxygen atoms in total. The number of quaternary nitrogens is 2. The summed E-state index contributed by atoms with van der Waals surface area (Å²) >= 11 is 0. The molecule has 0 aromatic heterocycles. The lowest BCUT2D eigenvalue weighted by molar-refractivity contribution is -0.132. The molecule has 2 heterocycles. The summed E-state index contributed by atoms with van der Waals surface area (Å²) < 4.78 is 0.374. The Labute approximate surface area is 342 Å². The minimum Gasteiger partial charge on any atom is -1.00 e. The maximum atomic E-state index is 13.2. The number of para-hydroxylation sites is 2. The van der Waals surface area contributed by atoms with Crippen LogP contribution in [-0.2, 0) is 20.4 Å². The molecule has 2 aliphatic rings. The van der Waals surface area contributed by atoms with Crippen LogP contribution in [0.2, 0.25) is 0 Å². The summed E-state index contributed by atoms with van der Waals surface area (Å²) in [5.41, 5.74) is 31.3. The second-order valence-electron chi connectivity index (χ2n) is 15.8. The van der Waals surface area contributed by atoms with Crippen molar-refractivity contribution in [2.24, 2.45) is 11.5 Å². The molecule has 2 amide bonds. The zero-order valence-corrected chi connectivity index (χ0v) is 35.8. The highest BCUT2D eigenvalue weighted by Gasteiger charge is 2.59. The van der Waals surface area contributed by atoms with Gasteiger partial charge in [0.2, 0.25) is 0 Å². The molecule has 0 aliphatic carbocycles. The fourth-order valence-corrected chi connectivity index (χ4v) is 8.56. The number of benzene rings is 4. The Balaban J connectivity index is 0.000000280. The molecule has 0 bridgehead atoms. The van der Waals surface area contributed by atoms with E-state index in [-0.39, 0.29) is 77.7 Å². The predicted octanol–water partition coefficient (Wildman–Crippen LogP) is 0.914. The van der Waals surface area contributed by atoms with Crippen molar-refractivity contribution in [3.8, 4) is 0 Å². The molecule has 8 N–H and O–H groups in total. The Morgan fingerprint density at radius 2 is 0.870 bits per heavy atom. The number of rotatable bonds is 6. The lowest BCUT2D eigenvalue weighted by Crippen LogP contribution is -3.00. The van der Waals surface area contributed by atoms with Crippen LogP contribution in [0.3, 0.4) is 0 Å². The van der Waals surface area contributed by atoms with Gasteiger partial charge in [-0.05, 0) is 101 Å². The third kappa shape index (κ3) is 7.92. The Kier molecular flexibility index (Phi) is 13.9. The van der Waals surface area contributed by atoms with Crippen LogP contribution in [-0.4, -0.2) is 50.1 Å². The summed E-state index contributed by atoms with van der Waals surface area (Å²) in [7, 11) is 3.97. The number of amides is 2. The van der Waals surface area contributed by atoms with E-state index in [2.05, 4.69) is 76.3 Å². The van der Waals surface area contributed by atoms with Crippen molar-refractivity contribution < 1.29 is 43.6 Å². The van der Waals surface area contributed by atoms with Gasteiger partial charge in [0.05, 0.1) is 24.9 Å². The van der Waals surface area contributed by atoms with E-state index in [0.29, 0.717) is 0 Å². The van der Waals surface area contributed by atoms with Gasteiger partial charge < -0.3 is 56.9 Å². The van der Waals surface area contributed by atoms with Crippen molar-refractivity contribution >= 4 is 46.7 Å². The number of hydrogen-bond donors (Lipinski definition) is 4. The predicted molar refractivity (Wildman–Crippen MR) is 219 cm³/mol. The van der Waals surface area contributed by atoms with Crippen LogP contribution in [0.4, 0.5) is 22.7 Å². The van der Waals surface area contributed by atoms with E-state index in [1.54, 1.807) is 13.8 Å². The second-order valence-corrected chi connectivity index (χ2v) is 15.8. The average Bonchev–Trinajstić information content (AvgIpc) is 3.41. The minimum atomic E-state index is -0.533. The fraction of sp³-hybridized carbons (Fsp3) is 0.318. The van der Waals surface area contributed by atoms with Gasteiger partial charge >= 0.3 is 11.8 Å². The number of nitrogen functional groups attached to an aromatic ring is 2. The highest BCUT2D eigenvalue weighted by Crippen LogP contribution is 2.51. The smallest absolute Gasteiger partial charge is 0.335 e. The molecule has 0 radical (unpaired) electrons. The molecule has 2 aliphatic heterocycles. The maximum absolute atomic E-state index is 13.2. The Bertz CT molecular complexity index is 1860.